The second kappa shape index (κ2) is 12.6. The Morgan fingerprint density at radius 3 is 2.15 bits per heavy atom. The van der Waals surface area contributed by atoms with Crippen LogP contribution in [0.15, 0.2) is 42.5 Å². The number of rotatable bonds is 10. The number of ether oxygens (including phenoxy) is 2. The number of anilines is 2. The molecule has 33 heavy (non-hydrogen) atoms. The van der Waals surface area contributed by atoms with Gasteiger partial charge in [0.25, 0.3) is 5.91 Å². The van der Waals surface area contributed by atoms with Gasteiger partial charge in [0.2, 0.25) is 5.91 Å². The van der Waals surface area contributed by atoms with Crippen LogP contribution in [-0.2, 0) is 23.9 Å². The van der Waals surface area contributed by atoms with Gasteiger partial charge in [0.1, 0.15) is 0 Å². The molecule has 8 nitrogen and oxygen atoms in total. The summed E-state index contributed by atoms with van der Waals surface area (Å²) in [5.41, 5.74) is 2.22. The van der Waals surface area contributed by atoms with Crippen molar-refractivity contribution in [2.45, 2.75) is 33.6 Å². The maximum absolute atomic E-state index is 12.0. The first-order valence-electron chi connectivity index (χ1n) is 10.4. The van der Waals surface area contributed by atoms with E-state index in [1.165, 1.54) is 0 Å². The summed E-state index contributed by atoms with van der Waals surface area (Å²) in [4.78, 5) is 47.7. The molecule has 9 heteroatoms. The highest BCUT2D eigenvalue weighted by atomic mass is 35.5. The van der Waals surface area contributed by atoms with Crippen LogP contribution in [0.5, 0.6) is 0 Å². The summed E-state index contributed by atoms with van der Waals surface area (Å²) in [5, 5.41) is 5.72. The third-order valence-electron chi connectivity index (χ3n) is 4.33. The lowest BCUT2D eigenvalue weighted by molar-refractivity contribution is -0.147. The predicted molar refractivity (Wildman–Crippen MR) is 125 cm³/mol. The van der Waals surface area contributed by atoms with Gasteiger partial charge in [-0.05, 0) is 54.8 Å². The SMILES string of the molecule is Cc1ccc(NC(=O)COC(=O)CCC(=O)Nc2ccc(C(=O)OCC(C)C)cc2)cc1Cl. The molecule has 0 radical (unpaired) electrons. The van der Waals surface area contributed by atoms with Gasteiger partial charge in [-0.25, -0.2) is 4.79 Å². The van der Waals surface area contributed by atoms with Crippen molar-refractivity contribution in [3.05, 3.63) is 58.6 Å². The fourth-order valence-corrected chi connectivity index (χ4v) is 2.72. The fraction of sp³-hybridized carbons (Fsp3) is 0.333. The zero-order valence-corrected chi connectivity index (χ0v) is 19.5. The Balaban J connectivity index is 1.70. The van der Waals surface area contributed by atoms with Gasteiger partial charge in [-0.2, -0.15) is 0 Å². The highest BCUT2D eigenvalue weighted by Gasteiger charge is 2.12. The van der Waals surface area contributed by atoms with Crippen LogP contribution in [0.1, 0.15) is 42.6 Å². The molecule has 0 spiro atoms. The zero-order valence-electron chi connectivity index (χ0n) is 18.8. The highest BCUT2D eigenvalue weighted by molar-refractivity contribution is 6.31. The average molecular weight is 475 g/mol. The molecule has 2 N–H and O–H groups in total. The molecule has 0 saturated carbocycles. The predicted octanol–water partition coefficient (Wildman–Crippen LogP) is 4.36. The monoisotopic (exact) mass is 474 g/mol. The Morgan fingerprint density at radius 2 is 1.52 bits per heavy atom. The molecule has 176 valence electrons. The van der Waals surface area contributed by atoms with Crippen LogP contribution in [0.3, 0.4) is 0 Å². The molecule has 2 amide bonds. The summed E-state index contributed by atoms with van der Waals surface area (Å²) in [6.45, 7) is 5.58. The van der Waals surface area contributed by atoms with E-state index in [9.17, 15) is 19.2 Å². The molecule has 0 atom stereocenters. The molecular formula is C24H27ClN2O6. The summed E-state index contributed by atoms with van der Waals surface area (Å²) < 4.78 is 10.0. The fourth-order valence-electron chi connectivity index (χ4n) is 2.54. The molecule has 0 unspecified atom stereocenters. The van der Waals surface area contributed by atoms with Crippen LogP contribution in [0.25, 0.3) is 0 Å². The number of aryl methyl sites for hydroxylation is 1. The van der Waals surface area contributed by atoms with Crippen molar-refractivity contribution in [3.8, 4) is 0 Å². The number of esters is 2. The minimum atomic E-state index is -0.675. The second-order valence-corrected chi connectivity index (χ2v) is 8.20. The minimum Gasteiger partial charge on any atom is -0.462 e. The lowest BCUT2D eigenvalue weighted by Gasteiger charge is -2.09. The van der Waals surface area contributed by atoms with E-state index in [2.05, 4.69) is 10.6 Å². The molecule has 0 fully saturated rings. The summed E-state index contributed by atoms with van der Waals surface area (Å²) in [6, 6.07) is 11.3. The number of hydrogen-bond donors (Lipinski definition) is 2. The average Bonchev–Trinajstić information content (AvgIpc) is 2.77. The number of benzene rings is 2. The van der Waals surface area contributed by atoms with E-state index in [0.29, 0.717) is 28.6 Å². The molecule has 2 aromatic carbocycles. The van der Waals surface area contributed by atoms with E-state index in [1.807, 2.05) is 20.8 Å². The number of amides is 2. The van der Waals surface area contributed by atoms with E-state index in [-0.39, 0.29) is 18.8 Å². The van der Waals surface area contributed by atoms with Gasteiger partial charge < -0.3 is 20.1 Å². The van der Waals surface area contributed by atoms with Gasteiger partial charge in [0, 0.05) is 22.8 Å². The van der Waals surface area contributed by atoms with Crippen LogP contribution in [0.4, 0.5) is 11.4 Å². The van der Waals surface area contributed by atoms with Gasteiger partial charge in [0.15, 0.2) is 6.61 Å². The van der Waals surface area contributed by atoms with Crippen molar-refractivity contribution in [1.82, 2.24) is 0 Å². The normalized spacial score (nSPS) is 10.5. The van der Waals surface area contributed by atoms with Crippen LogP contribution < -0.4 is 10.6 Å². The smallest absolute Gasteiger partial charge is 0.338 e. The zero-order chi connectivity index (χ0) is 24.4. The van der Waals surface area contributed by atoms with E-state index >= 15 is 0 Å². The molecule has 0 aromatic heterocycles. The molecular weight excluding hydrogens is 448 g/mol. The third kappa shape index (κ3) is 9.33. The van der Waals surface area contributed by atoms with Gasteiger partial charge in [-0.3, -0.25) is 14.4 Å². The third-order valence-corrected chi connectivity index (χ3v) is 4.74. The Kier molecular flexibility index (Phi) is 9.87. The number of hydrogen-bond acceptors (Lipinski definition) is 6. The molecule has 2 aromatic rings. The van der Waals surface area contributed by atoms with E-state index < -0.39 is 30.4 Å². The molecule has 0 aliphatic carbocycles. The Morgan fingerprint density at radius 1 is 0.879 bits per heavy atom. The van der Waals surface area contributed by atoms with Crippen molar-refractivity contribution in [2.75, 3.05) is 23.8 Å². The van der Waals surface area contributed by atoms with Crippen molar-refractivity contribution in [1.29, 1.82) is 0 Å². The first-order valence-corrected chi connectivity index (χ1v) is 10.8. The summed E-state index contributed by atoms with van der Waals surface area (Å²) in [7, 11) is 0. The minimum absolute atomic E-state index is 0.119. The maximum atomic E-state index is 12.0. The largest absolute Gasteiger partial charge is 0.462 e. The Bertz CT molecular complexity index is 1000. The van der Waals surface area contributed by atoms with Crippen LogP contribution >= 0.6 is 11.6 Å². The van der Waals surface area contributed by atoms with E-state index in [0.717, 1.165) is 5.56 Å². The molecule has 0 heterocycles. The summed E-state index contributed by atoms with van der Waals surface area (Å²) in [5.74, 6) is -1.79. The lowest BCUT2D eigenvalue weighted by atomic mass is 10.2. The second-order valence-electron chi connectivity index (χ2n) is 7.79. The van der Waals surface area contributed by atoms with Crippen molar-refractivity contribution in [2.24, 2.45) is 5.92 Å². The van der Waals surface area contributed by atoms with Crippen molar-refractivity contribution in [3.63, 3.8) is 0 Å². The summed E-state index contributed by atoms with van der Waals surface area (Å²) >= 11 is 6.00. The molecule has 2 rings (SSSR count). The summed E-state index contributed by atoms with van der Waals surface area (Å²) in [6.07, 6.45) is -0.304. The Labute approximate surface area is 197 Å². The lowest BCUT2D eigenvalue weighted by Crippen LogP contribution is -2.21. The first-order chi connectivity index (χ1) is 15.6. The van der Waals surface area contributed by atoms with Crippen molar-refractivity contribution >= 4 is 46.7 Å². The van der Waals surface area contributed by atoms with Crippen molar-refractivity contribution < 1.29 is 28.7 Å². The molecule has 0 aliphatic heterocycles. The van der Waals surface area contributed by atoms with Crippen LogP contribution in [0.2, 0.25) is 5.02 Å². The van der Waals surface area contributed by atoms with Crippen LogP contribution in [-0.4, -0.2) is 37.0 Å². The van der Waals surface area contributed by atoms with E-state index in [4.69, 9.17) is 21.1 Å². The highest BCUT2D eigenvalue weighted by Crippen LogP contribution is 2.19. The molecule has 0 aliphatic rings. The van der Waals surface area contributed by atoms with Gasteiger partial charge >= 0.3 is 11.9 Å². The standard InChI is InChI=1S/C24H27ClN2O6/c1-15(2)13-33-24(31)17-5-8-18(9-6-17)26-21(28)10-11-23(30)32-14-22(29)27-19-7-4-16(3)20(25)12-19/h4-9,12,15H,10-11,13-14H2,1-3H3,(H,26,28)(H,27,29). The van der Waals surface area contributed by atoms with Gasteiger partial charge in [0.05, 0.1) is 18.6 Å². The van der Waals surface area contributed by atoms with Crippen LogP contribution in [0, 0.1) is 12.8 Å². The first kappa shape index (κ1) is 25.9. The Hall–Kier alpha value is -3.39. The van der Waals surface area contributed by atoms with Gasteiger partial charge in [-0.1, -0.05) is 31.5 Å². The van der Waals surface area contributed by atoms with E-state index in [1.54, 1.807) is 42.5 Å². The maximum Gasteiger partial charge on any atom is 0.338 e. The topological polar surface area (TPSA) is 111 Å². The van der Waals surface area contributed by atoms with Gasteiger partial charge in [-0.15, -0.1) is 0 Å². The molecule has 0 bridgehead atoms. The number of carbonyl (C=O) groups is 4. The number of halogens is 1. The quantitative estimate of drug-likeness (QED) is 0.495. The number of carbonyl (C=O) groups excluding carboxylic acids is 4. The number of nitrogens with one attached hydrogen (secondary N) is 2. The molecule has 0 saturated heterocycles.